The molecule has 2 N–H and O–H groups in total. The van der Waals surface area contributed by atoms with E-state index in [0.29, 0.717) is 0 Å². The highest BCUT2D eigenvalue weighted by molar-refractivity contribution is 6.13. The summed E-state index contributed by atoms with van der Waals surface area (Å²) in [5.41, 5.74) is 0. The Morgan fingerprint density at radius 3 is 1.55 bits per heavy atom. The molecule has 19 heteroatoms. The van der Waals surface area contributed by atoms with Gasteiger partial charge in [-0.05, 0) is 13.8 Å². The van der Waals surface area contributed by atoms with E-state index in [4.69, 9.17) is 0 Å². The molecule has 7 amide bonds. The fourth-order valence-corrected chi connectivity index (χ4v) is 4.12. The summed E-state index contributed by atoms with van der Waals surface area (Å²) in [6.45, 7) is 1.31. The lowest BCUT2D eigenvalue weighted by atomic mass is 10.2. The fourth-order valence-electron chi connectivity index (χ4n) is 4.12. The van der Waals surface area contributed by atoms with E-state index in [9.17, 15) is 60.3 Å². The molecule has 0 aliphatic carbocycles. The molecule has 2 heterocycles. The molecular formula is C28H26F5N5O9. The van der Waals surface area contributed by atoms with Crippen LogP contribution in [0.1, 0.15) is 26.7 Å². The third-order valence-corrected chi connectivity index (χ3v) is 6.76. The average molecular weight is 672 g/mol. The predicted molar refractivity (Wildman–Crippen MR) is 145 cm³/mol. The van der Waals surface area contributed by atoms with Crippen LogP contribution in [-0.2, 0) is 38.4 Å². The average Bonchev–Trinajstić information content (AvgIpc) is 3.53. The molecule has 0 unspecified atom stereocenters. The molecule has 0 aromatic heterocycles. The molecular weight excluding hydrogens is 645 g/mol. The third kappa shape index (κ3) is 8.61. The maximum absolute atomic E-state index is 13.8. The van der Waals surface area contributed by atoms with Crippen LogP contribution in [0.3, 0.4) is 0 Å². The molecule has 0 fully saturated rings. The number of nitrogens with one attached hydrogen (secondary N) is 2. The van der Waals surface area contributed by atoms with Crippen molar-refractivity contribution in [2.75, 3.05) is 26.2 Å². The number of hydrogen-bond donors (Lipinski definition) is 2. The maximum Gasteiger partial charge on any atom is 0.333 e. The molecule has 0 bridgehead atoms. The van der Waals surface area contributed by atoms with Gasteiger partial charge in [0.25, 0.3) is 23.6 Å². The zero-order valence-corrected chi connectivity index (χ0v) is 24.6. The first-order valence-electron chi connectivity index (χ1n) is 13.7. The third-order valence-electron chi connectivity index (χ3n) is 6.76. The van der Waals surface area contributed by atoms with Gasteiger partial charge >= 0.3 is 5.97 Å². The first-order chi connectivity index (χ1) is 22.0. The molecule has 3 rings (SSSR count). The Bertz CT molecular complexity index is 1490. The van der Waals surface area contributed by atoms with Crippen LogP contribution in [0.15, 0.2) is 24.3 Å². The summed E-state index contributed by atoms with van der Waals surface area (Å²) in [4.78, 5) is 100. The van der Waals surface area contributed by atoms with Crippen molar-refractivity contribution in [1.82, 2.24) is 25.3 Å². The van der Waals surface area contributed by atoms with E-state index >= 15 is 0 Å². The summed E-state index contributed by atoms with van der Waals surface area (Å²) in [6.07, 6.45) is 3.23. The molecule has 2 aliphatic rings. The van der Waals surface area contributed by atoms with Gasteiger partial charge in [0.15, 0.2) is 0 Å². The molecule has 0 saturated heterocycles. The number of benzene rings is 1. The van der Waals surface area contributed by atoms with E-state index in [1.165, 1.54) is 6.92 Å². The Hall–Kier alpha value is -5.49. The topological polar surface area (TPSA) is 180 Å². The van der Waals surface area contributed by atoms with Crippen molar-refractivity contribution in [3.63, 3.8) is 0 Å². The zero-order chi connectivity index (χ0) is 35.2. The van der Waals surface area contributed by atoms with Crippen LogP contribution in [0.5, 0.6) is 5.75 Å². The molecule has 47 heavy (non-hydrogen) atoms. The minimum absolute atomic E-state index is 0.193. The minimum Gasteiger partial charge on any atom is -0.418 e. The van der Waals surface area contributed by atoms with E-state index in [1.807, 2.05) is 5.32 Å². The van der Waals surface area contributed by atoms with Crippen molar-refractivity contribution >= 4 is 47.3 Å². The number of hydrogen-bond acceptors (Lipinski definition) is 9. The fraction of sp³-hybridized carbons (Fsp3) is 0.357. The Kier molecular flexibility index (Phi) is 11.6. The van der Waals surface area contributed by atoms with Crippen molar-refractivity contribution in [3.8, 4) is 5.75 Å². The van der Waals surface area contributed by atoms with Gasteiger partial charge in [0, 0.05) is 63.3 Å². The smallest absolute Gasteiger partial charge is 0.333 e. The van der Waals surface area contributed by atoms with Crippen molar-refractivity contribution in [1.29, 1.82) is 0 Å². The van der Waals surface area contributed by atoms with Gasteiger partial charge in [0.1, 0.15) is 12.1 Å². The number of carbonyl (C=O) groups is 8. The van der Waals surface area contributed by atoms with E-state index in [-0.39, 0.29) is 26.2 Å². The van der Waals surface area contributed by atoms with Crippen LogP contribution in [-0.4, -0.2) is 100 Å². The summed E-state index contributed by atoms with van der Waals surface area (Å²) in [5, 5.41) is 4.27. The van der Waals surface area contributed by atoms with Crippen LogP contribution < -0.4 is 15.4 Å². The predicted octanol–water partition coefficient (Wildman–Crippen LogP) is -0.244. The van der Waals surface area contributed by atoms with Gasteiger partial charge in [-0.15, -0.1) is 0 Å². The number of esters is 1. The molecule has 252 valence electrons. The second kappa shape index (κ2) is 15.2. The molecule has 14 nitrogen and oxygen atoms in total. The lowest BCUT2D eigenvalue weighted by Gasteiger charge is -2.27. The summed E-state index contributed by atoms with van der Waals surface area (Å²) in [7, 11) is 0. The second-order valence-electron chi connectivity index (χ2n) is 10.0. The number of ether oxygens (including phenoxy) is 1. The number of imide groups is 2. The number of nitrogens with zero attached hydrogens (tertiary/aromatic N) is 3. The molecule has 0 saturated carbocycles. The number of amides is 7. The van der Waals surface area contributed by atoms with Crippen LogP contribution in [0, 0.1) is 29.1 Å². The van der Waals surface area contributed by atoms with Gasteiger partial charge in [-0.2, -0.15) is 8.78 Å². The number of carbonyl (C=O) groups excluding carboxylic acids is 8. The Morgan fingerprint density at radius 1 is 0.681 bits per heavy atom. The van der Waals surface area contributed by atoms with E-state index in [1.54, 1.807) is 0 Å². The molecule has 2 aliphatic heterocycles. The summed E-state index contributed by atoms with van der Waals surface area (Å²) in [5.74, 6) is -20.5. The molecule has 2 atom stereocenters. The standard InChI is InChI=1S/C28H26F5N5O9/c1-13(27(45)35-14(2)28(46)47-26-24(32)22(30)21(29)23(31)25(26)33)34-15(39)3-4-16(40)36(9-11-37-17(41)5-6-18(37)42)10-12-38-19(43)7-8-20(38)44/h5-8,13-14H,3-4,9-12H2,1-2H3,(H,34,39)(H,35,45)/t13-,14-/m0/s1. The van der Waals surface area contributed by atoms with Gasteiger partial charge in [0.05, 0.1) is 0 Å². The van der Waals surface area contributed by atoms with Crippen LogP contribution in [0.2, 0.25) is 0 Å². The lowest BCUT2D eigenvalue weighted by Crippen LogP contribution is -2.50. The van der Waals surface area contributed by atoms with Crippen molar-refractivity contribution < 1.29 is 65.0 Å². The van der Waals surface area contributed by atoms with Crippen molar-refractivity contribution in [2.45, 2.75) is 38.8 Å². The van der Waals surface area contributed by atoms with E-state index in [0.717, 1.165) is 45.9 Å². The summed E-state index contributed by atoms with van der Waals surface area (Å²) in [6, 6.07) is -3.06. The van der Waals surface area contributed by atoms with E-state index in [2.05, 4.69) is 10.1 Å². The highest BCUT2D eigenvalue weighted by atomic mass is 19.2. The van der Waals surface area contributed by atoms with Crippen LogP contribution >= 0.6 is 0 Å². The molecule has 0 spiro atoms. The largest absolute Gasteiger partial charge is 0.418 e. The van der Waals surface area contributed by atoms with Crippen LogP contribution in [0.25, 0.3) is 0 Å². The highest BCUT2D eigenvalue weighted by Gasteiger charge is 2.31. The van der Waals surface area contributed by atoms with Crippen molar-refractivity contribution in [2.24, 2.45) is 0 Å². The first kappa shape index (κ1) is 36.0. The first-order valence-corrected chi connectivity index (χ1v) is 13.7. The molecule has 1 aromatic carbocycles. The quantitative estimate of drug-likeness (QED) is 0.0674. The SMILES string of the molecule is C[C@H](NC(=O)CCC(=O)N(CCN1C(=O)C=CC1=O)CCN1C(=O)C=CC1=O)C(=O)N[C@@H](C)C(=O)Oc1c(F)c(F)c(F)c(F)c1F. The van der Waals surface area contributed by atoms with Gasteiger partial charge in [-0.3, -0.25) is 43.4 Å². The van der Waals surface area contributed by atoms with Gasteiger partial charge in [-0.1, -0.05) is 0 Å². The Morgan fingerprint density at radius 2 is 1.11 bits per heavy atom. The number of halogens is 5. The van der Waals surface area contributed by atoms with E-state index < -0.39 is 107 Å². The van der Waals surface area contributed by atoms with Gasteiger partial charge in [-0.25, -0.2) is 18.0 Å². The van der Waals surface area contributed by atoms with Gasteiger partial charge in [0.2, 0.25) is 52.6 Å². The Labute approximate surface area is 262 Å². The minimum atomic E-state index is -2.47. The van der Waals surface area contributed by atoms with Crippen LogP contribution in [0.4, 0.5) is 22.0 Å². The second-order valence-corrected chi connectivity index (χ2v) is 10.0. The monoisotopic (exact) mass is 671 g/mol. The normalized spacial score (nSPS) is 15.3. The highest BCUT2D eigenvalue weighted by Crippen LogP contribution is 2.29. The maximum atomic E-state index is 13.8. The number of rotatable bonds is 14. The Balaban J connectivity index is 1.53. The van der Waals surface area contributed by atoms with Crippen molar-refractivity contribution in [3.05, 3.63) is 53.4 Å². The molecule has 1 aromatic rings. The molecule has 0 radical (unpaired) electrons. The summed E-state index contributed by atoms with van der Waals surface area (Å²) >= 11 is 0. The summed E-state index contributed by atoms with van der Waals surface area (Å²) < 4.78 is 71.8. The van der Waals surface area contributed by atoms with Gasteiger partial charge < -0.3 is 20.3 Å². The lowest BCUT2D eigenvalue weighted by molar-refractivity contribution is -0.140. The zero-order valence-electron chi connectivity index (χ0n) is 24.6.